The summed E-state index contributed by atoms with van der Waals surface area (Å²) in [6, 6.07) is 12.6. The minimum Gasteiger partial charge on any atom is -0.288 e. The first-order valence-corrected chi connectivity index (χ1v) is 11.4. The number of sulfonamides is 1. The van der Waals surface area contributed by atoms with E-state index >= 15 is 0 Å². The fourth-order valence-electron chi connectivity index (χ4n) is 3.84. The van der Waals surface area contributed by atoms with Gasteiger partial charge in [0.2, 0.25) is 10.0 Å². The van der Waals surface area contributed by atoms with Crippen molar-refractivity contribution in [3.05, 3.63) is 69.8 Å². The fourth-order valence-corrected chi connectivity index (χ4v) is 5.22. The van der Waals surface area contributed by atoms with Crippen LogP contribution >= 0.6 is 0 Å². The van der Waals surface area contributed by atoms with Gasteiger partial charge in [-0.05, 0) is 43.7 Å². The van der Waals surface area contributed by atoms with Crippen LogP contribution in [-0.4, -0.2) is 54.8 Å². The molecule has 1 atom stereocenters. The van der Waals surface area contributed by atoms with Crippen molar-refractivity contribution in [3.8, 4) is 23.7 Å². The van der Waals surface area contributed by atoms with Crippen molar-refractivity contribution in [3.63, 3.8) is 0 Å². The van der Waals surface area contributed by atoms with Gasteiger partial charge in [-0.2, -0.15) is 4.31 Å². The minimum atomic E-state index is -3.86. The summed E-state index contributed by atoms with van der Waals surface area (Å²) in [5, 5.41) is 10.9. The SMILES string of the molecule is O=[N+]([O-])c1ccc(S(=O)(=O)N2CC#Cc3ccccc3C#CCN3CCC[C@H]3C2)cc1. The quantitative estimate of drug-likeness (QED) is 0.420. The average molecular weight is 436 g/mol. The molecule has 0 aromatic heterocycles. The predicted molar refractivity (Wildman–Crippen MR) is 117 cm³/mol. The molecule has 0 amide bonds. The molecule has 31 heavy (non-hydrogen) atoms. The zero-order valence-electron chi connectivity index (χ0n) is 16.8. The summed E-state index contributed by atoms with van der Waals surface area (Å²) in [6.45, 7) is 1.78. The van der Waals surface area contributed by atoms with Gasteiger partial charge in [0, 0.05) is 35.8 Å². The molecular formula is C23H21N3O4S. The molecule has 0 N–H and O–H groups in total. The molecule has 0 bridgehead atoms. The maximum atomic E-state index is 13.4. The minimum absolute atomic E-state index is 0.0248. The Morgan fingerprint density at radius 3 is 2.26 bits per heavy atom. The molecule has 2 aromatic rings. The molecule has 0 saturated carbocycles. The van der Waals surface area contributed by atoms with Crippen LogP contribution in [-0.2, 0) is 10.0 Å². The van der Waals surface area contributed by atoms with Crippen molar-refractivity contribution in [2.45, 2.75) is 23.8 Å². The highest BCUT2D eigenvalue weighted by Gasteiger charge is 2.31. The summed E-state index contributed by atoms with van der Waals surface area (Å²) in [5.74, 6) is 12.5. The lowest BCUT2D eigenvalue weighted by molar-refractivity contribution is -0.384. The van der Waals surface area contributed by atoms with Crippen molar-refractivity contribution in [2.75, 3.05) is 26.2 Å². The first-order chi connectivity index (χ1) is 14.9. The molecule has 2 heterocycles. The average Bonchev–Trinajstić information content (AvgIpc) is 3.20. The smallest absolute Gasteiger partial charge is 0.269 e. The third-order valence-corrected chi connectivity index (χ3v) is 7.34. The van der Waals surface area contributed by atoms with Gasteiger partial charge in [0.25, 0.3) is 5.69 Å². The van der Waals surface area contributed by atoms with Crippen molar-refractivity contribution >= 4 is 15.7 Å². The number of nitro groups is 1. The molecule has 8 heteroatoms. The number of non-ortho nitro benzene ring substituents is 1. The van der Waals surface area contributed by atoms with Crippen LogP contribution in [0.5, 0.6) is 0 Å². The van der Waals surface area contributed by atoms with Crippen LogP contribution in [0.2, 0.25) is 0 Å². The van der Waals surface area contributed by atoms with Crippen LogP contribution in [0.3, 0.4) is 0 Å². The summed E-state index contributed by atoms with van der Waals surface area (Å²) in [6.07, 6.45) is 1.87. The maximum Gasteiger partial charge on any atom is 0.269 e. The van der Waals surface area contributed by atoms with Crippen LogP contribution in [0, 0.1) is 33.8 Å². The normalized spacial score (nSPS) is 19.4. The van der Waals surface area contributed by atoms with E-state index in [1.54, 1.807) is 0 Å². The highest BCUT2D eigenvalue weighted by Crippen LogP contribution is 2.23. The number of hydrogen-bond donors (Lipinski definition) is 0. The van der Waals surface area contributed by atoms with E-state index in [1.165, 1.54) is 28.6 Å². The number of nitro benzene ring substituents is 1. The number of hydrogen-bond acceptors (Lipinski definition) is 5. The van der Waals surface area contributed by atoms with Gasteiger partial charge in [-0.25, -0.2) is 8.42 Å². The van der Waals surface area contributed by atoms with Gasteiger partial charge in [0.15, 0.2) is 0 Å². The van der Waals surface area contributed by atoms with Gasteiger partial charge in [0.05, 0.1) is 22.9 Å². The second-order valence-electron chi connectivity index (χ2n) is 7.46. The highest BCUT2D eigenvalue weighted by atomic mass is 32.2. The van der Waals surface area contributed by atoms with Gasteiger partial charge in [0.1, 0.15) is 0 Å². The van der Waals surface area contributed by atoms with Crippen LogP contribution in [0.15, 0.2) is 53.4 Å². The Balaban J connectivity index is 1.70. The first kappa shape index (κ1) is 21.1. The van der Waals surface area contributed by atoms with Gasteiger partial charge < -0.3 is 0 Å². The van der Waals surface area contributed by atoms with E-state index in [9.17, 15) is 18.5 Å². The first-order valence-electron chi connectivity index (χ1n) is 10.0. The molecule has 0 unspecified atom stereocenters. The summed E-state index contributed by atoms with van der Waals surface area (Å²) in [4.78, 5) is 12.6. The lowest BCUT2D eigenvalue weighted by atomic mass is 10.1. The van der Waals surface area contributed by atoms with Gasteiger partial charge in [-0.1, -0.05) is 35.8 Å². The monoisotopic (exact) mass is 435 g/mol. The molecule has 0 aliphatic carbocycles. The van der Waals surface area contributed by atoms with E-state index in [2.05, 4.69) is 28.6 Å². The van der Waals surface area contributed by atoms with Crippen LogP contribution in [0.4, 0.5) is 5.69 Å². The molecule has 158 valence electrons. The zero-order valence-corrected chi connectivity index (χ0v) is 17.6. The molecule has 0 spiro atoms. The summed E-state index contributed by atoms with van der Waals surface area (Å²) < 4.78 is 28.1. The standard InChI is InChI=1S/C23H21N3O4S/c27-26(28)21-11-13-23(14-12-21)31(29,30)25-17-4-9-20-7-2-1-6-19(20)8-3-15-24-16-5-10-22(24)18-25/h1-2,6-7,11-14,22H,5,10,15-18H2/t22-/m0/s1. The number of nitrogens with zero attached hydrogens (tertiary/aromatic N) is 3. The van der Waals surface area contributed by atoms with Gasteiger partial charge >= 0.3 is 0 Å². The van der Waals surface area contributed by atoms with E-state index in [0.29, 0.717) is 13.1 Å². The van der Waals surface area contributed by atoms with Crippen LogP contribution < -0.4 is 0 Å². The molecule has 0 radical (unpaired) electrons. The lowest BCUT2D eigenvalue weighted by Crippen LogP contribution is -2.43. The Morgan fingerprint density at radius 2 is 1.61 bits per heavy atom. The molecule has 4 rings (SSSR count). The molecule has 1 fully saturated rings. The fraction of sp³-hybridized carbons (Fsp3) is 0.304. The number of rotatable bonds is 3. The van der Waals surface area contributed by atoms with Gasteiger partial charge in [-0.3, -0.25) is 15.0 Å². The van der Waals surface area contributed by atoms with E-state index < -0.39 is 14.9 Å². The van der Waals surface area contributed by atoms with Gasteiger partial charge in [-0.15, -0.1) is 0 Å². The van der Waals surface area contributed by atoms with Crippen molar-refractivity contribution in [1.82, 2.24) is 9.21 Å². The number of benzene rings is 2. The maximum absolute atomic E-state index is 13.4. The second kappa shape index (κ2) is 8.91. The van der Waals surface area contributed by atoms with Crippen molar-refractivity contribution in [1.29, 1.82) is 0 Å². The van der Waals surface area contributed by atoms with E-state index in [4.69, 9.17) is 0 Å². The Labute approximate surface area is 181 Å². The lowest BCUT2D eigenvalue weighted by Gasteiger charge is -2.28. The second-order valence-corrected chi connectivity index (χ2v) is 9.40. The van der Waals surface area contributed by atoms with Crippen molar-refractivity contribution < 1.29 is 13.3 Å². The molecule has 2 aliphatic heterocycles. The predicted octanol–water partition coefficient (Wildman–Crippen LogP) is 2.47. The van der Waals surface area contributed by atoms with Crippen LogP contribution in [0.1, 0.15) is 24.0 Å². The molecule has 2 aliphatic rings. The largest absolute Gasteiger partial charge is 0.288 e. The Bertz CT molecular complexity index is 1220. The van der Waals surface area contributed by atoms with E-state index in [-0.39, 0.29) is 23.2 Å². The zero-order chi connectivity index (χ0) is 21.8. The molecule has 7 nitrogen and oxygen atoms in total. The Kier molecular flexibility index (Phi) is 6.06. The van der Waals surface area contributed by atoms with E-state index in [1.807, 2.05) is 24.3 Å². The molecular weight excluding hydrogens is 414 g/mol. The Hall–Kier alpha value is -3.17. The number of fused-ring (bicyclic) bond motifs is 2. The summed E-state index contributed by atoms with van der Waals surface area (Å²) in [5.41, 5.74) is 1.45. The third-order valence-electron chi connectivity index (χ3n) is 5.51. The topological polar surface area (TPSA) is 83.8 Å². The van der Waals surface area contributed by atoms with E-state index in [0.717, 1.165) is 30.5 Å². The van der Waals surface area contributed by atoms with Crippen molar-refractivity contribution in [2.24, 2.45) is 0 Å². The highest BCUT2D eigenvalue weighted by molar-refractivity contribution is 7.89. The summed E-state index contributed by atoms with van der Waals surface area (Å²) >= 11 is 0. The summed E-state index contributed by atoms with van der Waals surface area (Å²) in [7, 11) is -3.86. The third kappa shape index (κ3) is 4.62. The van der Waals surface area contributed by atoms with Crippen LogP contribution in [0.25, 0.3) is 0 Å². The molecule has 2 aromatic carbocycles. The molecule has 1 saturated heterocycles. The Morgan fingerprint density at radius 1 is 0.968 bits per heavy atom.